The number of allylic oxidation sites excluding steroid dienone is 1. The normalized spacial score (nSPS) is 20.9. The summed E-state index contributed by atoms with van der Waals surface area (Å²) in [5, 5.41) is 20.8. The molecule has 0 N–H and O–H groups in total. The average molecular weight is 455 g/mol. The Labute approximate surface area is 196 Å². The second kappa shape index (κ2) is 8.49. The lowest BCUT2D eigenvalue weighted by Gasteiger charge is -2.32. The number of nitrogens with zero attached hydrogens (tertiary/aromatic N) is 3. The molecule has 1 heterocycles. The van der Waals surface area contributed by atoms with Crippen LogP contribution in [0, 0.1) is 33.5 Å². The zero-order chi connectivity index (χ0) is 24.5. The second-order valence-electron chi connectivity index (χ2n) is 8.08. The molecule has 8 heteroatoms. The molecule has 2 amide bonds. The average Bonchev–Trinajstić information content (AvgIpc) is 3.30. The monoisotopic (exact) mass is 455 g/mol. The van der Waals surface area contributed by atoms with Crippen molar-refractivity contribution < 1.29 is 23.9 Å². The minimum atomic E-state index is -2.08. The van der Waals surface area contributed by atoms with Crippen molar-refractivity contribution in [1.29, 1.82) is 10.5 Å². The van der Waals surface area contributed by atoms with E-state index >= 15 is 0 Å². The highest BCUT2D eigenvalue weighted by atomic mass is 16.5. The predicted octanol–water partition coefficient (Wildman–Crippen LogP) is 3.40. The van der Waals surface area contributed by atoms with E-state index in [0.29, 0.717) is 17.0 Å². The Balaban J connectivity index is 1.94. The molecule has 2 aromatic carbocycles. The van der Waals surface area contributed by atoms with Gasteiger partial charge in [0.05, 0.1) is 37.0 Å². The van der Waals surface area contributed by atoms with Gasteiger partial charge in [-0.3, -0.25) is 9.59 Å². The molecule has 170 valence electrons. The zero-order valence-corrected chi connectivity index (χ0v) is 18.7. The maximum Gasteiger partial charge on any atom is 0.334 e. The van der Waals surface area contributed by atoms with Crippen molar-refractivity contribution in [3.05, 3.63) is 65.7 Å². The van der Waals surface area contributed by atoms with E-state index in [2.05, 4.69) is 0 Å². The molecule has 0 radical (unpaired) electrons. The van der Waals surface area contributed by atoms with Crippen molar-refractivity contribution >= 4 is 29.0 Å². The van der Waals surface area contributed by atoms with E-state index < -0.39 is 28.6 Å². The van der Waals surface area contributed by atoms with Crippen molar-refractivity contribution in [2.75, 3.05) is 18.6 Å². The Kier molecular flexibility index (Phi) is 5.68. The minimum Gasteiger partial charge on any atom is -0.497 e. The number of hydrogen-bond donors (Lipinski definition) is 0. The number of anilines is 1. The third-order valence-electron chi connectivity index (χ3n) is 6.44. The highest BCUT2D eigenvalue weighted by molar-refractivity contribution is 6.25. The zero-order valence-electron chi connectivity index (χ0n) is 18.7. The summed E-state index contributed by atoms with van der Waals surface area (Å²) in [7, 11) is 1.50. The van der Waals surface area contributed by atoms with Gasteiger partial charge < -0.3 is 9.47 Å². The van der Waals surface area contributed by atoms with Gasteiger partial charge in [-0.25, -0.2) is 9.69 Å². The van der Waals surface area contributed by atoms with Crippen LogP contribution >= 0.6 is 0 Å². The molecule has 1 unspecified atom stereocenters. The number of benzene rings is 2. The molecule has 1 spiro atoms. The van der Waals surface area contributed by atoms with Crippen LogP contribution in [0.4, 0.5) is 5.69 Å². The van der Waals surface area contributed by atoms with E-state index in [4.69, 9.17) is 9.47 Å². The first-order chi connectivity index (χ1) is 16.4. The molecule has 1 aliphatic heterocycles. The van der Waals surface area contributed by atoms with Gasteiger partial charge in [0.15, 0.2) is 5.41 Å². The van der Waals surface area contributed by atoms with Crippen LogP contribution in [0.15, 0.2) is 60.2 Å². The van der Waals surface area contributed by atoms with Gasteiger partial charge in [-0.2, -0.15) is 10.5 Å². The van der Waals surface area contributed by atoms with E-state index in [0.717, 1.165) is 4.90 Å². The van der Waals surface area contributed by atoms with Crippen LogP contribution in [-0.4, -0.2) is 31.5 Å². The van der Waals surface area contributed by atoms with Crippen molar-refractivity contribution in [3.8, 4) is 17.9 Å². The number of methoxy groups -OCH3 is 1. The summed E-state index contributed by atoms with van der Waals surface area (Å²) in [5.41, 5.74) is -2.96. The molecule has 2 aromatic rings. The summed E-state index contributed by atoms with van der Waals surface area (Å²) in [6, 6.07) is 18.9. The summed E-state index contributed by atoms with van der Waals surface area (Å²) < 4.78 is 10.4. The van der Waals surface area contributed by atoms with Crippen molar-refractivity contribution in [3.63, 3.8) is 0 Å². The highest BCUT2D eigenvalue weighted by Crippen LogP contribution is 2.64. The first kappa shape index (κ1) is 22.8. The number of carbonyl (C=O) groups excluding carboxylic acids is 3. The third-order valence-corrected chi connectivity index (χ3v) is 6.44. The lowest BCUT2D eigenvalue weighted by atomic mass is 9.62. The van der Waals surface area contributed by atoms with E-state index in [1.54, 1.807) is 61.5 Å². The summed E-state index contributed by atoms with van der Waals surface area (Å²) >= 11 is 0. The lowest BCUT2D eigenvalue weighted by molar-refractivity contribution is -0.138. The first-order valence-electron chi connectivity index (χ1n) is 10.7. The number of carbonyl (C=O) groups is 3. The van der Waals surface area contributed by atoms with Crippen LogP contribution in [0.1, 0.15) is 25.3 Å². The van der Waals surface area contributed by atoms with Crippen LogP contribution in [0.5, 0.6) is 5.75 Å². The molecule has 1 fully saturated rings. The fraction of sp³-hybridized carbons (Fsp3) is 0.269. The molecule has 0 bridgehead atoms. The van der Waals surface area contributed by atoms with E-state index in [-0.39, 0.29) is 30.6 Å². The van der Waals surface area contributed by atoms with E-state index in [1.807, 2.05) is 12.1 Å². The van der Waals surface area contributed by atoms with Crippen LogP contribution < -0.4 is 9.64 Å². The summed E-state index contributed by atoms with van der Waals surface area (Å²) in [6.45, 7) is 1.71. The summed E-state index contributed by atoms with van der Waals surface area (Å²) in [4.78, 5) is 41.0. The standard InChI is InChI=1S/C26H21N3O5/c1-3-34-23(31)20-13-25(14-21(30)29(24(25)32)18-7-5-4-6-8-18)26(15-27,16-28)22(20)17-9-11-19(33-2)12-10-17/h4-12H,3,13-14H2,1-2H3. The van der Waals surface area contributed by atoms with Gasteiger partial charge >= 0.3 is 5.97 Å². The molecule has 0 aromatic heterocycles. The topological polar surface area (TPSA) is 120 Å². The number of para-hydroxylation sites is 1. The number of nitriles is 2. The van der Waals surface area contributed by atoms with E-state index in [1.165, 1.54) is 7.11 Å². The van der Waals surface area contributed by atoms with Crippen molar-refractivity contribution in [1.82, 2.24) is 0 Å². The Morgan fingerprint density at radius 2 is 1.68 bits per heavy atom. The van der Waals surface area contributed by atoms with Crippen LogP contribution in [0.3, 0.4) is 0 Å². The molecule has 1 saturated heterocycles. The van der Waals surface area contributed by atoms with E-state index in [9.17, 15) is 24.9 Å². The second-order valence-corrected chi connectivity index (χ2v) is 8.08. The van der Waals surface area contributed by atoms with Gasteiger partial charge in [-0.05, 0) is 43.2 Å². The maximum atomic E-state index is 13.9. The van der Waals surface area contributed by atoms with Crippen LogP contribution in [0.25, 0.3) is 5.57 Å². The molecule has 4 rings (SSSR count). The van der Waals surface area contributed by atoms with Gasteiger partial charge in [0.1, 0.15) is 5.75 Å². The predicted molar refractivity (Wildman–Crippen MR) is 121 cm³/mol. The number of imide groups is 1. The van der Waals surface area contributed by atoms with Gasteiger partial charge in [-0.1, -0.05) is 30.3 Å². The van der Waals surface area contributed by atoms with Gasteiger partial charge in [0.2, 0.25) is 11.8 Å². The number of amides is 2. The number of rotatable bonds is 5. The Morgan fingerprint density at radius 3 is 2.24 bits per heavy atom. The molecular formula is C26H21N3O5. The quantitative estimate of drug-likeness (QED) is 0.500. The number of ether oxygens (including phenoxy) is 2. The SMILES string of the molecule is CCOC(=O)C1=C(c2ccc(OC)cc2)C(C#N)(C#N)C2(CC(=O)N(c3ccccc3)C2=O)C1. The van der Waals surface area contributed by atoms with Gasteiger partial charge in [0, 0.05) is 17.6 Å². The highest BCUT2D eigenvalue weighted by Gasteiger charge is 2.71. The number of hydrogen-bond acceptors (Lipinski definition) is 7. The molecule has 34 heavy (non-hydrogen) atoms. The van der Waals surface area contributed by atoms with Crippen LogP contribution in [0.2, 0.25) is 0 Å². The summed E-state index contributed by atoms with van der Waals surface area (Å²) in [6.07, 6.45) is -0.646. The third kappa shape index (κ3) is 3.07. The minimum absolute atomic E-state index is 0.0474. The van der Waals surface area contributed by atoms with Crippen molar-refractivity contribution in [2.24, 2.45) is 10.8 Å². The van der Waals surface area contributed by atoms with Crippen LogP contribution in [-0.2, 0) is 19.1 Å². The molecule has 1 atom stereocenters. The largest absolute Gasteiger partial charge is 0.497 e. The fourth-order valence-electron chi connectivity index (χ4n) is 4.89. The Bertz CT molecular complexity index is 1270. The molecule has 2 aliphatic rings. The maximum absolute atomic E-state index is 13.9. The fourth-order valence-corrected chi connectivity index (χ4v) is 4.89. The Hall–Kier alpha value is -4.43. The lowest BCUT2D eigenvalue weighted by Crippen LogP contribution is -2.44. The molecule has 8 nitrogen and oxygen atoms in total. The van der Waals surface area contributed by atoms with Gasteiger partial charge in [-0.15, -0.1) is 0 Å². The van der Waals surface area contributed by atoms with Gasteiger partial charge in [0.25, 0.3) is 0 Å². The molecular weight excluding hydrogens is 434 g/mol. The van der Waals surface area contributed by atoms with Crippen molar-refractivity contribution in [2.45, 2.75) is 19.8 Å². The first-order valence-corrected chi connectivity index (χ1v) is 10.7. The Morgan fingerprint density at radius 1 is 1.03 bits per heavy atom. The molecule has 1 aliphatic carbocycles. The number of esters is 1. The molecule has 0 saturated carbocycles. The summed E-state index contributed by atoms with van der Waals surface area (Å²) in [5.74, 6) is -1.41. The smallest absolute Gasteiger partial charge is 0.334 e.